The van der Waals surface area contributed by atoms with E-state index in [0.717, 1.165) is 0 Å². The molecule has 1 aliphatic carbocycles. The van der Waals surface area contributed by atoms with E-state index in [-0.39, 0.29) is 53.4 Å². The molecule has 3 aliphatic heterocycles. The van der Waals surface area contributed by atoms with Crippen molar-refractivity contribution in [2.24, 2.45) is 10.9 Å². The monoisotopic (exact) mass is 417 g/mol. The van der Waals surface area contributed by atoms with E-state index in [0.29, 0.717) is 6.54 Å². The molecule has 4 aliphatic rings. The van der Waals surface area contributed by atoms with Crippen LogP contribution in [0.2, 0.25) is 0 Å². The predicted octanol–water partition coefficient (Wildman–Crippen LogP) is -1.23. The third-order valence-corrected chi connectivity index (χ3v) is 5.98. The van der Waals surface area contributed by atoms with Crippen molar-refractivity contribution in [1.29, 1.82) is 0 Å². The van der Waals surface area contributed by atoms with Crippen LogP contribution in [0.15, 0.2) is 27.5 Å². The Morgan fingerprint density at radius 3 is 2.77 bits per heavy atom. The number of rotatable bonds is 6. The number of aliphatic imine (C=N–C) groups is 1. The van der Waals surface area contributed by atoms with Gasteiger partial charge in [-0.3, -0.25) is 19.7 Å². The molecule has 11 heteroatoms. The molecular weight excluding hydrogens is 394 g/mol. The van der Waals surface area contributed by atoms with E-state index in [1.54, 1.807) is 25.9 Å². The highest BCUT2D eigenvalue weighted by Crippen LogP contribution is 2.55. The van der Waals surface area contributed by atoms with Gasteiger partial charge in [0.2, 0.25) is 18.0 Å². The molecular formula is C19H23N5O6. The van der Waals surface area contributed by atoms with Gasteiger partial charge in [0.25, 0.3) is 0 Å². The van der Waals surface area contributed by atoms with Crippen LogP contribution < -0.4 is 10.6 Å². The van der Waals surface area contributed by atoms with Gasteiger partial charge >= 0.3 is 6.09 Å². The molecule has 0 aromatic carbocycles. The number of hydrogen-bond acceptors (Lipinski definition) is 9. The summed E-state index contributed by atoms with van der Waals surface area (Å²) >= 11 is 0. The third-order valence-electron chi connectivity index (χ3n) is 5.98. The van der Waals surface area contributed by atoms with Gasteiger partial charge in [0, 0.05) is 44.9 Å². The summed E-state index contributed by atoms with van der Waals surface area (Å²) in [6, 6.07) is -0.00360. The molecule has 0 bridgehead atoms. The van der Waals surface area contributed by atoms with E-state index in [2.05, 4.69) is 10.3 Å². The number of fused-ring (bicyclic) bond motifs is 4. The van der Waals surface area contributed by atoms with Crippen molar-refractivity contribution in [3.05, 3.63) is 22.5 Å². The van der Waals surface area contributed by atoms with Crippen molar-refractivity contribution < 1.29 is 28.7 Å². The summed E-state index contributed by atoms with van der Waals surface area (Å²) in [6.07, 6.45) is 0.727. The zero-order valence-electron chi connectivity index (χ0n) is 17.1. The molecule has 0 radical (unpaired) electrons. The van der Waals surface area contributed by atoms with Crippen LogP contribution in [0, 0.1) is 5.92 Å². The van der Waals surface area contributed by atoms with Crippen LogP contribution in [0.25, 0.3) is 0 Å². The van der Waals surface area contributed by atoms with E-state index in [4.69, 9.17) is 9.47 Å². The summed E-state index contributed by atoms with van der Waals surface area (Å²) in [4.78, 5) is 56.7. The molecule has 30 heavy (non-hydrogen) atoms. The second-order valence-electron chi connectivity index (χ2n) is 7.83. The van der Waals surface area contributed by atoms with E-state index < -0.39 is 23.5 Å². The quantitative estimate of drug-likeness (QED) is 0.179. The van der Waals surface area contributed by atoms with E-state index >= 15 is 0 Å². The highest BCUT2D eigenvalue weighted by molar-refractivity contribution is 6.26. The largest absolute Gasteiger partial charge is 0.448 e. The van der Waals surface area contributed by atoms with Gasteiger partial charge in [0.1, 0.15) is 12.3 Å². The Kier molecular flexibility index (Phi) is 4.74. The summed E-state index contributed by atoms with van der Waals surface area (Å²) in [6.45, 7) is 1.84. The van der Waals surface area contributed by atoms with E-state index in [1.165, 1.54) is 13.4 Å². The molecule has 2 fully saturated rings. The standard InChI is InChI=1S/C19H23N5O6/c1-9-13(20-7-23(2)3)16(27)12-10(6-30-18(28)21-8-25)19(29-4)17-11(22-17)5-24(19)14(12)15(9)26/h7-8,10-11,17,22H,5-6H2,1-4H3,(H,21,25,28)/t10-,11-,17-,19-/m0/s1. The molecule has 11 nitrogen and oxygen atoms in total. The smallest absolute Gasteiger partial charge is 0.413 e. The zero-order valence-corrected chi connectivity index (χ0v) is 17.1. The first-order valence-electron chi connectivity index (χ1n) is 9.48. The number of allylic oxidation sites excluding steroid dienone is 2. The molecule has 0 spiro atoms. The van der Waals surface area contributed by atoms with E-state index in [9.17, 15) is 19.2 Å². The molecule has 2 saturated heterocycles. The van der Waals surface area contributed by atoms with Crippen molar-refractivity contribution in [2.75, 3.05) is 34.4 Å². The Bertz CT molecular complexity index is 938. The maximum absolute atomic E-state index is 13.5. The third kappa shape index (κ3) is 2.69. The van der Waals surface area contributed by atoms with Crippen molar-refractivity contribution in [2.45, 2.75) is 24.7 Å². The summed E-state index contributed by atoms with van der Waals surface area (Å²) in [5, 5.41) is 5.20. The summed E-state index contributed by atoms with van der Waals surface area (Å²) in [7, 11) is 5.02. The minimum absolute atomic E-state index is 0.0579. The lowest BCUT2D eigenvalue weighted by molar-refractivity contribution is -0.137. The molecule has 3 heterocycles. The van der Waals surface area contributed by atoms with Crippen molar-refractivity contribution >= 4 is 30.4 Å². The molecule has 0 saturated carbocycles. The molecule has 2 N–H and O–H groups in total. The van der Waals surface area contributed by atoms with Crippen LogP contribution in [-0.2, 0) is 23.9 Å². The van der Waals surface area contributed by atoms with Crippen molar-refractivity contribution in [1.82, 2.24) is 20.4 Å². The minimum atomic E-state index is -1.04. The first-order valence-corrected chi connectivity index (χ1v) is 9.48. The van der Waals surface area contributed by atoms with Gasteiger partial charge in [0.05, 0.1) is 24.0 Å². The zero-order chi connectivity index (χ0) is 21.8. The van der Waals surface area contributed by atoms with Crippen LogP contribution in [0.4, 0.5) is 4.79 Å². The van der Waals surface area contributed by atoms with Crippen molar-refractivity contribution in [3.63, 3.8) is 0 Å². The number of alkyl carbamates (subject to hydrolysis) is 1. The number of carbonyl (C=O) groups excluding carboxylic acids is 4. The van der Waals surface area contributed by atoms with Crippen LogP contribution in [0.5, 0.6) is 0 Å². The number of methoxy groups -OCH3 is 1. The number of ether oxygens (including phenoxy) is 2. The number of amides is 2. The summed E-state index contributed by atoms with van der Waals surface area (Å²) in [5.41, 5.74) is -0.215. The fraction of sp³-hybridized carbons (Fsp3) is 0.526. The Morgan fingerprint density at radius 1 is 1.40 bits per heavy atom. The van der Waals surface area contributed by atoms with Gasteiger partial charge in [-0.1, -0.05) is 0 Å². The maximum Gasteiger partial charge on any atom is 0.413 e. The Morgan fingerprint density at radius 2 is 2.13 bits per heavy atom. The summed E-state index contributed by atoms with van der Waals surface area (Å²) in [5.74, 6) is -1.42. The lowest BCUT2D eigenvalue weighted by Gasteiger charge is -2.39. The molecule has 0 unspecified atom stereocenters. The van der Waals surface area contributed by atoms with E-state index in [1.807, 2.05) is 10.2 Å². The highest BCUT2D eigenvalue weighted by Gasteiger charge is 2.72. The van der Waals surface area contributed by atoms with Crippen LogP contribution in [0.3, 0.4) is 0 Å². The van der Waals surface area contributed by atoms with Gasteiger partial charge in [0.15, 0.2) is 5.72 Å². The second kappa shape index (κ2) is 7.03. The Hall–Kier alpha value is -3.05. The molecule has 0 aromatic heterocycles. The number of imide groups is 1. The lowest BCUT2D eigenvalue weighted by Crippen LogP contribution is -2.55. The first-order chi connectivity index (χ1) is 14.3. The van der Waals surface area contributed by atoms with Crippen LogP contribution in [-0.4, -0.2) is 92.4 Å². The lowest BCUT2D eigenvalue weighted by atomic mass is 9.82. The average Bonchev–Trinajstić information content (AvgIpc) is 3.31. The normalized spacial score (nSPS) is 31.7. The number of hydrogen-bond donors (Lipinski definition) is 2. The highest BCUT2D eigenvalue weighted by atomic mass is 16.6. The molecule has 2 amide bonds. The van der Waals surface area contributed by atoms with Gasteiger partial charge in [-0.2, -0.15) is 0 Å². The molecule has 4 atom stereocenters. The molecule has 160 valence electrons. The van der Waals surface area contributed by atoms with Gasteiger partial charge < -0.3 is 24.6 Å². The SMILES string of the molecule is CO[C@]12[C@@H](COC(=O)NC=O)C3=C(C(=O)C(C)=C(N=CN(C)C)C3=O)N1C[C@@H]1N[C@@H]12. The number of nitrogens with zero attached hydrogens (tertiary/aromatic N) is 3. The van der Waals surface area contributed by atoms with Gasteiger partial charge in [-0.15, -0.1) is 0 Å². The van der Waals surface area contributed by atoms with Crippen molar-refractivity contribution in [3.8, 4) is 0 Å². The summed E-state index contributed by atoms with van der Waals surface area (Å²) < 4.78 is 11.1. The minimum Gasteiger partial charge on any atom is -0.448 e. The number of carbonyl (C=O) groups is 4. The molecule has 4 rings (SSSR count). The topological polar surface area (TPSA) is 140 Å². The fourth-order valence-corrected chi connectivity index (χ4v) is 4.69. The fourth-order valence-electron chi connectivity index (χ4n) is 4.69. The Labute approximate surface area is 172 Å². The number of piperazine rings is 1. The van der Waals surface area contributed by atoms with Crippen LogP contribution >= 0.6 is 0 Å². The maximum atomic E-state index is 13.5. The van der Waals surface area contributed by atoms with Gasteiger partial charge in [-0.25, -0.2) is 9.79 Å². The number of nitrogens with one attached hydrogen (secondary N) is 2. The first kappa shape index (κ1) is 20.2. The predicted molar refractivity (Wildman–Crippen MR) is 103 cm³/mol. The molecule has 0 aromatic rings. The van der Waals surface area contributed by atoms with Crippen LogP contribution in [0.1, 0.15) is 6.92 Å². The number of ketones is 2. The second-order valence-corrected chi connectivity index (χ2v) is 7.83. The average molecular weight is 417 g/mol. The number of Topliss-reactive ketones (excluding diaryl/α,β-unsaturated/α-hetero) is 2. The van der Waals surface area contributed by atoms with Gasteiger partial charge in [-0.05, 0) is 6.92 Å². The Balaban J connectivity index is 1.76.